The summed E-state index contributed by atoms with van der Waals surface area (Å²) in [6.07, 6.45) is 4.66. The third-order valence-corrected chi connectivity index (χ3v) is 4.20. The van der Waals surface area contributed by atoms with Gasteiger partial charge in [-0.3, -0.25) is 4.79 Å². The summed E-state index contributed by atoms with van der Waals surface area (Å²) in [4.78, 5) is 12.2. The first-order valence-electron chi connectivity index (χ1n) is 7.30. The lowest BCUT2D eigenvalue weighted by atomic mass is 9.74. The zero-order valence-electron chi connectivity index (χ0n) is 12.4. The molecule has 1 fully saturated rings. The third-order valence-electron chi connectivity index (χ3n) is 4.20. The van der Waals surface area contributed by atoms with Crippen molar-refractivity contribution in [2.24, 2.45) is 11.7 Å². The first-order chi connectivity index (χ1) is 9.49. The van der Waals surface area contributed by atoms with Crippen molar-refractivity contribution in [3.8, 4) is 0 Å². The SMILES string of the molecule is CC1(N)CCCCC1C(=O)NCCc1ccc(F)cc1.Cl. The summed E-state index contributed by atoms with van der Waals surface area (Å²) >= 11 is 0. The Labute approximate surface area is 131 Å². The largest absolute Gasteiger partial charge is 0.355 e. The fourth-order valence-corrected chi connectivity index (χ4v) is 2.89. The van der Waals surface area contributed by atoms with Gasteiger partial charge in [-0.1, -0.05) is 25.0 Å². The van der Waals surface area contributed by atoms with Crippen LogP contribution in [0.5, 0.6) is 0 Å². The number of hydrogen-bond donors (Lipinski definition) is 2. The van der Waals surface area contributed by atoms with E-state index < -0.39 is 5.54 Å². The van der Waals surface area contributed by atoms with E-state index in [0.29, 0.717) is 13.0 Å². The highest BCUT2D eigenvalue weighted by atomic mass is 35.5. The molecule has 3 nitrogen and oxygen atoms in total. The zero-order valence-corrected chi connectivity index (χ0v) is 13.2. The predicted octanol–water partition coefficient (Wildman–Crippen LogP) is 2.81. The maximum atomic E-state index is 12.8. The van der Waals surface area contributed by atoms with Gasteiger partial charge in [0.05, 0.1) is 5.92 Å². The fraction of sp³-hybridized carbons (Fsp3) is 0.562. The third kappa shape index (κ3) is 4.97. The van der Waals surface area contributed by atoms with Crippen molar-refractivity contribution in [3.63, 3.8) is 0 Å². The van der Waals surface area contributed by atoms with Gasteiger partial charge < -0.3 is 11.1 Å². The molecule has 0 aliphatic heterocycles. The Morgan fingerprint density at radius 3 is 2.67 bits per heavy atom. The lowest BCUT2D eigenvalue weighted by molar-refractivity contribution is -0.128. The number of nitrogens with one attached hydrogen (secondary N) is 1. The number of benzene rings is 1. The Bertz CT molecular complexity index is 462. The molecule has 21 heavy (non-hydrogen) atoms. The molecule has 0 saturated heterocycles. The van der Waals surface area contributed by atoms with Crippen LogP contribution in [0.1, 0.15) is 38.2 Å². The summed E-state index contributed by atoms with van der Waals surface area (Å²) in [7, 11) is 0. The van der Waals surface area contributed by atoms with Gasteiger partial charge in [0.1, 0.15) is 5.82 Å². The molecular weight excluding hydrogens is 291 g/mol. The monoisotopic (exact) mass is 314 g/mol. The lowest BCUT2D eigenvalue weighted by Crippen LogP contribution is -2.53. The summed E-state index contributed by atoms with van der Waals surface area (Å²) in [6.45, 7) is 2.54. The van der Waals surface area contributed by atoms with Crippen molar-refractivity contribution in [1.29, 1.82) is 0 Å². The Hall–Kier alpha value is -1.13. The average molecular weight is 315 g/mol. The van der Waals surface area contributed by atoms with Crippen molar-refractivity contribution in [3.05, 3.63) is 35.6 Å². The summed E-state index contributed by atoms with van der Waals surface area (Å²) in [6, 6.07) is 6.37. The first-order valence-corrected chi connectivity index (χ1v) is 7.30. The van der Waals surface area contributed by atoms with E-state index in [1.807, 2.05) is 6.92 Å². The molecule has 118 valence electrons. The van der Waals surface area contributed by atoms with E-state index in [2.05, 4.69) is 5.32 Å². The van der Waals surface area contributed by atoms with E-state index >= 15 is 0 Å². The van der Waals surface area contributed by atoms with Crippen LogP contribution in [-0.4, -0.2) is 18.0 Å². The minimum Gasteiger partial charge on any atom is -0.355 e. The maximum Gasteiger partial charge on any atom is 0.224 e. The van der Waals surface area contributed by atoms with Crippen LogP contribution >= 0.6 is 12.4 Å². The van der Waals surface area contributed by atoms with Gasteiger partial charge in [-0.2, -0.15) is 0 Å². The van der Waals surface area contributed by atoms with Crippen molar-refractivity contribution in [1.82, 2.24) is 5.32 Å². The topological polar surface area (TPSA) is 55.1 Å². The van der Waals surface area contributed by atoms with Crippen molar-refractivity contribution < 1.29 is 9.18 Å². The van der Waals surface area contributed by atoms with Crippen LogP contribution in [0.15, 0.2) is 24.3 Å². The van der Waals surface area contributed by atoms with Gasteiger partial charge in [0.2, 0.25) is 5.91 Å². The Morgan fingerprint density at radius 2 is 2.05 bits per heavy atom. The van der Waals surface area contributed by atoms with Gasteiger partial charge in [0.15, 0.2) is 0 Å². The second-order valence-electron chi connectivity index (χ2n) is 5.97. The van der Waals surface area contributed by atoms with E-state index in [1.54, 1.807) is 12.1 Å². The molecule has 2 unspecified atom stereocenters. The van der Waals surface area contributed by atoms with Gasteiger partial charge >= 0.3 is 0 Å². The van der Waals surface area contributed by atoms with Crippen LogP contribution in [0.3, 0.4) is 0 Å². The van der Waals surface area contributed by atoms with Crippen LogP contribution in [0.25, 0.3) is 0 Å². The van der Waals surface area contributed by atoms with Crippen LogP contribution in [-0.2, 0) is 11.2 Å². The molecule has 2 rings (SSSR count). The van der Waals surface area contributed by atoms with Crippen LogP contribution in [0.2, 0.25) is 0 Å². The molecule has 0 spiro atoms. The molecule has 0 bridgehead atoms. The second kappa shape index (κ2) is 7.76. The molecule has 5 heteroatoms. The predicted molar refractivity (Wildman–Crippen MR) is 84.9 cm³/mol. The van der Waals surface area contributed by atoms with E-state index in [9.17, 15) is 9.18 Å². The molecule has 3 N–H and O–H groups in total. The molecule has 2 atom stereocenters. The number of nitrogens with two attached hydrogens (primary N) is 1. The molecule has 1 aliphatic rings. The minimum atomic E-state index is -0.391. The van der Waals surface area contributed by atoms with Crippen molar-refractivity contribution in [2.45, 2.75) is 44.6 Å². The maximum absolute atomic E-state index is 12.8. The minimum absolute atomic E-state index is 0. The van der Waals surface area contributed by atoms with Crippen molar-refractivity contribution in [2.75, 3.05) is 6.54 Å². The highest BCUT2D eigenvalue weighted by Gasteiger charge is 2.37. The Morgan fingerprint density at radius 1 is 1.38 bits per heavy atom. The summed E-state index contributed by atoms with van der Waals surface area (Å²) in [5, 5.41) is 2.96. The van der Waals surface area contributed by atoms with E-state index in [0.717, 1.165) is 31.2 Å². The molecule has 0 aromatic heterocycles. The first kappa shape index (κ1) is 17.9. The molecule has 0 radical (unpaired) electrons. The number of amides is 1. The van der Waals surface area contributed by atoms with E-state index in [4.69, 9.17) is 5.73 Å². The second-order valence-corrected chi connectivity index (χ2v) is 5.97. The summed E-state index contributed by atoms with van der Waals surface area (Å²) in [5.41, 5.74) is 6.85. The molecular formula is C16H24ClFN2O. The molecule has 1 aliphatic carbocycles. The standard InChI is InChI=1S/C16H23FN2O.ClH/c1-16(18)10-3-2-4-14(16)15(20)19-11-9-12-5-7-13(17)8-6-12;/h5-8,14H,2-4,9-11,18H2,1H3,(H,19,20);1H. The highest BCUT2D eigenvalue weighted by molar-refractivity contribution is 5.85. The highest BCUT2D eigenvalue weighted by Crippen LogP contribution is 2.31. The van der Waals surface area contributed by atoms with Gasteiger partial charge in [0, 0.05) is 12.1 Å². The van der Waals surface area contributed by atoms with Crippen LogP contribution < -0.4 is 11.1 Å². The molecule has 1 aromatic rings. The van der Waals surface area contributed by atoms with Gasteiger partial charge in [-0.25, -0.2) is 4.39 Å². The Balaban J connectivity index is 0.00000220. The zero-order chi connectivity index (χ0) is 14.6. The molecule has 1 saturated carbocycles. The molecule has 0 heterocycles. The van der Waals surface area contributed by atoms with Crippen molar-refractivity contribution >= 4 is 18.3 Å². The smallest absolute Gasteiger partial charge is 0.224 e. The fourth-order valence-electron chi connectivity index (χ4n) is 2.89. The van der Waals surface area contributed by atoms with Gasteiger partial charge in [0.25, 0.3) is 0 Å². The van der Waals surface area contributed by atoms with Crippen LogP contribution in [0, 0.1) is 11.7 Å². The number of rotatable bonds is 4. The molecule has 1 amide bonds. The number of carbonyl (C=O) groups is 1. The van der Waals surface area contributed by atoms with E-state index in [1.165, 1.54) is 12.1 Å². The average Bonchev–Trinajstić information content (AvgIpc) is 2.40. The van der Waals surface area contributed by atoms with Gasteiger partial charge in [-0.05, 0) is 43.9 Å². The van der Waals surface area contributed by atoms with E-state index in [-0.39, 0.29) is 30.0 Å². The summed E-state index contributed by atoms with van der Waals surface area (Å²) in [5.74, 6) is -0.278. The van der Waals surface area contributed by atoms with Gasteiger partial charge in [-0.15, -0.1) is 12.4 Å². The number of carbonyl (C=O) groups excluding carboxylic acids is 1. The molecule has 1 aromatic carbocycles. The van der Waals surface area contributed by atoms with Crippen LogP contribution in [0.4, 0.5) is 4.39 Å². The summed E-state index contributed by atoms with van der Waals surface area (Å²) < 4.78 is 12.8. The Kier molecular flexibility index (Phi) is 6.62. The normalized spacial score (nSPS) is 25.0. The number of hydrogen-bond acceptors (Lipinski definition) is 2. The quantitative estimate of drug-likeness (QED) is 0.898. The lowest BCUT2D eigenvalue weighted by Gasteiger charge is -2.37. The number of halogens is 2.